The van der Waals surface area contributed by atoms with E-state index >= 15 is 0 Å². The molecule has 0 aliphatic heterocycles. The lowest BCUT2D eigenvalue weighted by Gasteiger charge is -2.14. The Balaban J connectivity index is 1.55. The number of hydrogen-bond donors (Lipinski definition) is 2. The highest BCUT2D eigenvalue weighted by atomic mass is 16.3. The van der Waals surface area contributed by atoms with Crippen molar-refractivity contribution in [2.75, 3.05) is 0 Å². The molecule has 0 fully saturated rings. The van der Waals surface area contributed by atoms with Crippen LogP contribution in [0.3, 0.4) is 0 Å². The van der Waals surface area contributed by atoms with Gasteiger partial charge in [-0.25, -0.2) is 0 Å². The standard InChI is InChI=1S/C28H23N3O3/c1-17-12-21(28(34)25(13-17)31-29-23-10-6-7-11-24(23)30-31)15-20-16-22(26(32)14-18(20)2)27(33)19-8-4-3-5-9-19/h3-14,16,32,34H,15H2,1-2H3. The first kappa shape index (κ1) is 21.4. The molecule has 0 aliphatic rings. The third-order valence-electron chi connectivity index (χ3n) is 5.93. The average molecular weight is 450 g/mol. The molecular weight excluding hydrogens is 426 g/mol. The van der Waals surface area contributed by atoms with Crippen molar-refractivity contribution in [2.45, 2.75) is 20.3 Å². The molecule has 1 aromatic heterocycles. The number of aryl methyl sites for hydroxylation is 2. The van der Waals surface area contributed by atoms with Gasteiger partial charge in [0.15, 0.2) is 5.78 Å². The minimum atomic E-state index is -0.249. The molecule has 1 heterocycles. The van der Waals surface area contributed by atoms with Crippen LogP contribution in [0.4, 0.5) is 0 Å². The zero-order chi connectivity index (χ0) is 23.8. The van der Waals surface area contributed by atoms with E-state index in [0.717, 1.165) is 27.7 Å². The predicted octanol–water partition coefficient (Wildman–Crippen LogP) is 5.27. The first-order chi connectivity index (χ1) is 16.4. The minimum Gasteiger partial charge on any atom is -0.507 e. The topological polar surface area (TPSA) is 88.2 Å². The van der Waals surface area contributed by atoms with Crippen molar-refractivity contribution in [2.24, 2.45) is 0 Å². The summed E-state index contributed by atoms with van der Waals surface area (Å²) < 4.78 is 0. The van der Waals surface area contributed by atoms with Crippen molar-refractivity contribution in [3.8, 4) is 17.2 Å². The van der Waals surface area contributed by atoms with Gasteiger partial charge in [-0.3, -0.25) is 4.79 Å². The number of nitrogens with zero attached hydrogens (tertiary/aromatic N) is 3. The summed E-state index contributed by atoms with van der Waals surface area (Å²) in [5.74, 6) is -0.230. The van der Waals surface area contributed by atoms with Gasteiger partial charge in [0.2, 0.25) is 0 Å². The number of carbonyl (C=O) groups excluding carboxylic acids is 1. The highest BCUT2D eigenvalue weighted by Crippen LogP contribution is 2.32. The zero-order valence-corrected chi connectivity index (χ0v) is 18.9. The van der Waals surface area contributed by atoms with Crippen molar-refractivity contribution in [1.29, 1.82) is 0 Å². The largest absolute Gasteiger partial charge is 0.507 e. The van der Waals surface area contributed by atoms with E-state index in [1.165, 1.54) is 4.80 Å². The Morgan fingerprint density at radius 3 is 2.15 bits per heavy atom. The maximum atomic E-state index is 13.0. The van der Waals surface area contributed by atoms with Crippen LogP contribution in [-0.2, 0) is 6.42 Å². The molecule has 0 bridgehead atoms. The maximum absolute atomic E-state index is 13.0. The monoisotopic (exact) mass is 449 g/mol. The Hall–Kier alpha value is -4.45. The molecule has 5 aromatic rings. The highest BCUT2D eigenvalue weighted by Gasteiger charge is 2.18. The molecule has 0 aliphatic carbocycles. The van der Waals surface area contributed by atoms with E-state index in [1.807, 2.05) is 56.3 Å². The second-order valence-corrected chi connectivity index (χ2v) is 8.44. The van der Waals surface area contributed by atoms with Gasteiger partial charge in [-0.1, -0.05) is 48.5 Å². The van der Waals surface area contributed by atoms with Gasteiger partial charge >= 0.3 is 0 Å². The van der Waals surface area contributed by atoms with Gasteiger partial charge in [-0.2, -0.15) is 0 Å². The van der Waals surface area contributed by atoms with Crippen molar-refractivity contribution in [1.82, 2.24) is 15.0 Å². The fraction of sp³-hybridized carbons (Fsp3) is 0.107. The number of phenolic OH excluding ortho intramolecular Hbond substituents is 2. The number of aromatic hydroxyl groups is 2. The van der Waals surface area contributed by atoms with Gasteiger partial charge in [0.05, 0.1) is 5.56 Å². The SMILES string of the molecule is Cc1cc(Cc2cc(C(=O)c3ccccc3)c(O)cc2C)c(O)c(-n2nc3ccccc3n2)c1. The second kappa shape index (κ2) is 8.48. The maximum Gasteiger partial charge on any atom is 0.196 e. The Morgan fingerprint density at radius 1 is 0.824 bits per heavy atom. The average Bonchev–Trinajstić information content (AvgIpc) is 3.27. The van der Waals surface area contributed by atoms with Gasteiger partial charge in [0, 0.05) is 17.5 Å². The summed E-state index contributed by atoms with van der Waals surface area (Å²) in [6.07, 6.45) is 0.377. The fourth-order valence-corrected chi connectivity index (χ4v) is 4.15. The summed E-state index contributed by atoms with van der Waals surface area (Å²) >= 11 is 0. The van der Waals surface area contributed by atoms with E-state index in [1.54, 1.807) is 36.4 Å². The Labute approximate surface area is 196 Å². The summed E-state index contributed by atoms with van der Waals surface area (Å²) in [5, 5.41) is 30.6. The van der Waals surface area contributed by atoms with Crippen LogP contribution in [-0.4, -0.2) is 31.0 Å². The molecule has 5 rings (SSSR count). The number of phenols is 2. The molecule has 0 amide bonds. The van der Waals surface area contributed by atoms with Crippen LogP contribution < -0.4 is 0 Å². The molecule has 0 unspecified atom stereocenters. The van der Waals surface area contributed by atoms with Gasteiger partial charge in [0.25, 0.3) is 0 Å². The highest BCUT2D eigenvalue weighted by molar-refractivity contribution is 6.10. The van der Waals surface area contributed by atoms with E-state index in [2.05, 4.69) is 10.2 Å². The minimum absolute atomic E-state index is 0.0586. The molecule has 6 nitrogen and oxygen atoms in total. The number of fused-ring (bicyclic) bond motifs is 1. The Kier molecular flexibility index (Phi) is 5.34. The van der Waals surface area contributed by atoms with Crippen molar-refractivity contribution >= 4 is 16.8 Å². The first-order valence-electron chi connectivity index (χ1n) is 11.0. The van der Waals surface area contributed by atoms with Crippen LogP contribution in [0, 0.1) is 13.8 Å². The summed E-state index contributed by atoms with van der Waals surface area (Å²) in [5.41, 5.74) is 6.00. The predicted molar refractivity (Wildman–Crippen MR) is 131 cm³/mol. The summed E-state index contributed by atoms with van der Waals surface area (Å²) in [4.78, 5) is 14.4. The Morgan fingerprint density at radius 2 is 1.47 bits per heavy atom. The number of ketones is 1. The van der Waals surface area contributed by atoms with E-state index in [-0.39, 0.29) is 22.8 Å². The fourth-order valence-electron chi connectivity index (χ4n) is 4.15. The van der Waals surface area contributed by atoms with E-state index < -0.39 is 0 Å². The third-order valence-corrected chi connectivity index (χ3v) is 5.93. The molecule has 0 spiro atoms. The van der Waals surface area contributed by atoms with E-state index in [4.69, 9.17) is 0 Å². The number of aromatic nitrogens is 3. The molecule has 0 saturated heterocycles. The van der Waals surface area contributed by atoms with Crippen molar-refractivity contribution in [3.63, 3.8) is 0 Å². The van der Waals surface area contributed by atoms with Crippen LogP contribution in [0.2, 0.25) is 0 Å². The molecule has 168 valence electrons. The number of rotatable bonds is 5. The Bertz CT molecular complexity index is 1510. The summed E-state index contributed by atoms with van der Waals surface area (Å²) in [7, 11) is 0. The smallest absolute Gasteiger partial charge is 0.196 e. The number of hydrogen-bond acceptors (Lipinski definition) is 5. The summed E-state index contributed by atoms with van der Waals surface area (Å²) in [6, 6.07) is 23.5. The summed E-state index contributed by atoms with van der Waals surface area (Å²) in [6.45, 7) is 3.82. The molecule has 2 N–H and O–H groups in total. The number of benzene rings is 4. The van der Waals surface area contributed by atoms with Crippen LogP contribution in [0.1, 0.15) is 38.2 Å². The van der Waals surface area contributed by atoms with Gasteiger partial charge in [-0.15, -0.1) is 15.0 Å². The van der Waals surface area contributed by atoms with Crippen LogP contribution in [0.5, 0.6) is 11.5 Å². The lowest BCUT2D eigenvalue weighted by Crippen LogP contribution is -2.05. The van der Waals surface area contributed by atoms with E-state index in [0.29, 0.717) is 23.2 Å². The van der Waals surface area contributed by atoms with Crippen molar-refractivity contribution in [3.05, 3.63) is 112 Å². The molecule has 34 heavy (non-hydrogen) atoms. The van der Waals surface area contributed by atoms with Gasteiger partial charge in [-0.05, 0) is 60.9 Å². The lowest BCUT2D eigenvalue weighted by molar-refractivity contribution is 0.103. The molecule has 4 aromatic carbocycles. The van der Waals surface area contributed by atoms with Crippen LogP contribution >= 0.6 is 0 Å². The quantitative estimate of drug-likeness (QED) is 0.357. The van der Waals surface area contributed by atoms with Crippen molar-refractivity contribution < 1.29 is 15.0 Å². The molecule has 0 saturated carbocycles. The number of carbonyl (C=O) groups is 1. The zero-order valence-electron chi connectivity index (χ0n) is 18.9. The molecule has 0 radical (unpaired) electrons. The lowest BCUT2D eigenvalue weighted by atomic mass is 9.93. The molecule has 0 atom stereocenters. The van der Waals surface area contributed by atoms with Gasteiger partial charge in [0.1, 0.15) is 28.2 Å². The first-order valence-corrected chi connectivity index (χ1v) is 11.0. The van der Waals surface area contributed by atoms with Crippen LogP contribution in [0.25, 0.3) is 16.7 Å². The van der Waals surface area contributed by atoms with Crippen LogP contribution in [0.15, 0.2) is 78.9 Å². The molecule has 6 heteroatoms. The molecular formula is C28H23N3O3. The van der Waals surface area contributed by atoms with E-state index in [9.17, 15) is 15.0 Å². The van der Waals surface area contributed by atoms with Gasteiger partial charge < -0.3 is 10.2 Å². The normalized spacial score (nSPS) is 11.1. The third kappa shape index (κ3) is 3.90. The second-order valence-electron chi connectivity index (χ2n) is 8.44.